The maximum absolute atomic E-state index is 14.7. The Bertz CT molecular complexity index is 724. The van der Waals surface area contributed by atoms with Crippen LogP contribution in [-0.2, 0) is 25.3 Å². The molecule has 2 heterocycles. The molecule has 1 aromatic rings. The average Bonchev–Trinajstić information content (AvgIpc) is 2.80. The number of carbonyl (C=O) groups excluding carboxylic acids is 1. The van der Waals surface area contributed by atoms with Gasteiger partial charge in [0.05, 0.1) is 23.9 Å². The summed E-state index contributed by atoms with van der Waals surface area (Å²) in [6.07, 6.45) is 1.61. The zero-order valence-electron chi connectivity index (χ0n) is 17.2. The van der Waals surface area contributed by atoms with Crippen LogP contribution in [0.15, 0.2) is 17.0 Å². The van der Waals surface area contributed by atoms with Crippen LogP contribution in [0.4, 0.5) is 4.39 Å². The second kappa shape index (κ2) is 8.24. The van der Waals surface area contributed by atoms with E-state index in [1.165, 1.54) is 17.7 Å². The molecule has 1 atom stereocenters. The van der Waals surface area contributed by atoms with Crippen molar-refractivity contribution in [3.63, 3.8) is 0 Å². The molecule has 0 amide bonds. The molecule has 0 radical (unpaired) electrons. The topological polar surface area (TPSA) is 54.0 Å². The van der Waals surface area contributed by atoms with E-state index in [1.807, 2.05) is 33.8 Å². The van der Waals surface area contributed by atoms with Crippen LogP contribution in [0.1, 0.15) is 59.4 Å². The molecule has 1 unspecified atom stereocenters. The molecule has 0 spiro atoms. The first-order chi connectivity index (χ1) is 13.1. The summed E-state index contributed by atoms with van der Waals surface area (Å²) in [5.41, 5.74) is -0.00860. The molecule has 1 saturated heterocycles. The van der Waals surface area contributed by atoms with Crippen molar-refractivity contribution in [1.82, 2.24) is 0 Å². The zero-order chi connectivity index (χ0) is 20.5. The highest BCUT2D eigenvalue weighted by Crippen LogP contribution is 2.43. The van der Waals surface area contributed by atoms with Gasteiger partial charge >= 0.3 is 12.4 Å². The highest BCUT2D eigenvalue weighted by Gasteiger charge is 2.51. The van der Waals surface area contributed by atoms with Crippen LogP contribution in [0.25, 0.3) is 0 Å². The molecule has 1 aromatic carbocycles. The lowest BCUT2D eigenvalue weighted by Crippen LogP contribution is -2.41. The predicted molar refractivity (Wildman–Crippen MR) is 107 cm³/mol. The SMILES string of the molecule is CCOC(=O)CCC1CCc2cc(SB3OC(C)(C)C(C)(C)O3)cc(F)c2O1. The highest BCUT2D eigenvalue weighted by molar-refractivity contribution is 8.24. The number of fused-ring (bicyclic) bond motifs is 1. The maximum Gasteiger partial charge on any atom is 0.537 e. The van der Waals surface area contributed by atoms with E-state index in [0.29, 0.717) is 25.2 Å². The van der Waals surface area contributed by atoms with Gasteiger partial charge in [-0.15, -0.1) is 11.6 Å². The summed E-state index contributed by atoms with van der Waals surface area (Å²) in [5.74, 6) is -0.345. The molecule has 8 heteroatoms. The fourth-order valence-electron chi connectivity index (χ4n) is 3.21. The van der Waals surface area contributed by atoms with Gasteiger partial charge in [0, 0.05) is 11.3 Å². The number of hydrogen-bond acceptors (Lipinski definition) is 6. The van der Waals surface area contributed by atoms with Gasteiger partial charge in [-0.25, -0.2) is 4.39 Å². The third-order valence-electron chi connectivity index (χ3n) is 5.55. The number of ether oxygens (including phenoxy) is 2. The summed E-state index contributed by atoms with van der Waals surface area (Å²) in [6, 6.07) is 3.40. The Morgan fingerprint density at radius 3 is 2.61 bits per heavy atom. The number of rotatable bonds is 6. The minimum absolute atomic E-state index is 0.173. The molecular weight excluding hydrogens is 382 g/mol. The third-order valence-corrected chi connectivity index (χ3v) is 6.45. The van der Waals surface area contributed by atoms with Crippen molar-refractivity contribution in [3.8, 4) is 5.75 Å². The Hall–Kier alpha value is -1.25. The molecule has 0 saturated carbocycles. The largest absolute Gasteiger partial charge is 0.537 e. The van der Waals surface area contributed by atoms with Gasteiger partial charge in [-0.2, -0.15) is 0 Å². The molecule has 0 bridgehead atoms. The summed E-state index contributed by atoms with van der Waals surface area (Å²) in [6.45, 7) is 10.1. The van der Waals surface area contributed by atoms with Crippen molar-refractivity contribution in [1.29, 1.82) is 0 Å². The zero-order valence-corrected chi connectivity index (χ0v) is 18.0. The van der Waals surface area contributed by atoms with E-state index in [2.05, 4.69) is 0 Å². The van der Waals surface area contributed by atoms with Gasteiger partial charge in [0.25, 0.3) is 0 Å². The first-order valence-electron chi connectivity index (χ1n) is 9.78. The minimum Gasteiger partial charge on any atom is -0.487 e. The van der Waals surface area contributed by atoms with Crippen molar-refractivity contribution in [3.05, 3.63) is 23.5 Å². The summed E-state index contributed by atoms with van der Waals surface area (Å²) in [7, 11) is 0. The summed E-state index contributed by atoms with van der Waals surface area (Å²) in [4.78, 5) is 12.3. The van der Waals surface area contributed by atoms with E-state index in [1.54, 1.807) is 6.92 Å². The van der Waals surface area contributed by atoms with Crippen LogP contribution in [0, 0.1) is 5.82 Å². The van der Waals surface area contributed by atoms with E-state index in [0.717, 1.165) is 16.9 Å². The summed E-state index contributed by atoms with van der Waals surface area (Å²) < 4.78 is 37.4. The molecule has 1 fully saturated rings. The molecule has 0 aliphatic carbocycles. The van der Waals surface area contributed by atoms with Crippen molar-refractivity contribution < 1.29 is 28.0 Å². The van der Waals surface area contributed by atoms with Crippen LogP contribution in [0.5, 0.6) is 5.75 Å². The monoisotopic (exact) mass is 410 g/mol. The Labute approximate surface area is 170 Å². The number of aryl methyl sites for hydroxylation is 1. The van der Waals surface area contributed by atoms with Gasteiger partial charge in [-0.1, -0.05) is 0 Å². The molecule has 2 aliphatic rings. The summed E-state index contributed by atoms with van der Waals surface area (Å²) in [5, 5.41) is 0. The van der Waals surface area contributed by atoms with Crippen LogP contribution in [0.3, 0.4) is 0 Å². The Kier molecular flexibility index (Phi) is 6.32. The molecule has 5 nitrogen and oxygen atoms in total. The maximum atomic E-state index is 14.7. The lowest BCUT2D eigenvalue weighted by Gasteiger charge is -2.32. The minimum atomic E-state index is -0.482. The smallest absolute Gasteiger partial charge is 0.487 e. The Balaban J connectivity index is 1.64. The number of benzene rings is 1. The highest BCUT2D eigenvalue weighted by atomic mass is 32.2. The van der Waals surface area contributed by atoms with Crippen molar-refractivity contribution in [2.45, 2.75) is 82.5 Å². The molecule has 0 aromatic heterocycles. The standard InChI is InChI=1S/C20H28BFO5S/c1-6-24-17(23)10-9-14-8-7-13-11-15(12-16(22)18(13)25-14)28-21-26-19(2,3)20(4,5)27-21/h11-12,14H,6-10H2,1-5H3. The number of halogens is 1. The molecule has 28 heavy (non-hydrogen) atoms. The lowest BCUT2D eigenvalue weighted by molar-refractivity contribution is -0.143. The molecule has 154 valence electrons. The van der Waals surface area contributed by atoms with Gasteiger partial charge in [-0.05, 0) is 71.6 Å². The van der Waals surface area contributed by atoms with Gasteiger partial charge in [0.2, 0.25) is 0 Å². The lowest BCUT2D eigenvalue weighted by atomic mass is 9.90. The number of hydrogen-bond donors (Lipinski definition) is 0. The van der Waals surface area contributed by atoms with Gasteiger partial charge in [0.1, 0.15) is 0 Å². The van der Waals surface area contributed by atoms with E-state index in [4.69, 9.17) is 18.8 Å². The number of carbonyl (C=O) groups is 1. The van der Waals surface area contributed by atoms with E-state index < -0.39 is 23.4 Å². The third kappa shape index (κ3) is 4.66. The molecule has 2 aliphatic heterocycles. The normalized spacial score (nSPS) is 22.5. The predicted octanol–water partition coefficient (Wildman–Crippen LogP) is 4.54. The van der Waals surface area contributed by atoms with Gasteiger partial charge in [0.15, 0.2) is 11.6 Å². The van der Waals surface area contributed by atoms with E-state index >= 15 is 0 Å². The summed E-state index contributed by atoms with van der Waals surface area (Å²) >= 11 is 1.36. The first kappa shape index (κ1) is 21.5. The van der Waals surface area contributed by atoms with Crippen LogP contribution in [-0.4, -0.2) is 36.3 Å². The fourth-order valence-corrected chi connectivity index (χ4v) is 4.40. The first-order valence-corrected chi connectivity index (χ1v) is 10.7. The Morgan fingerprint density at radius 2 is 1.96 bits per heavy atom. The average molecular weight is 410 g/mol. The molecular formula is C20H28BFO5S. The fraction of sp³-hybridized carbons (Fsp3) is 0.650. The van der Waals surface area contributed by atoms with E-state index in [-0.39, 0.29) is 18.5 Å². The Morgan fingerprint density at radius 1 is 1.29 bits per heavy atom. The van der Waals surface area contributed by atoms with Gasteiger partial charge in [-0.3, -0.25) is 4.79 Å². The molecule has 0 N–H and O–H groups in total. The second-order valence-corrected chi connectivity index (χ2v) is 9.27. The van der Waals surface area contributed by atoms with E-state index in [9.17, 15) is 9.18 Å². The molecule has 3 rings (SSSR count). The van der Waals surface area contributed by atoms with Crippen LogP contribution < -0.4 is 4.74 Å². The quantitative estimate of drug-likeness (QED) is 0.507. The number of esters is 1. The second-order valence-electron chi connectivity index (χ2n) is 8.18. The van der Waals surface area contributed by atoms with Crippen LogP contribution >= 0.6 is 11.6 Å². The van der Waals surface area contributed by atoms with Crippen molar-refractivity contribution >= 4 is 24.0 Å². The van der Waals surface area contributed by atoms with Crippen LogP contribution in [0.2, 0.25) is 0 Å². The van der Waals surface area contributed by atoms with Crippen molar-refractivity contribution in [2.24, 2.45) is 0 Å². The van der Waals surface area contributed by atoms with Crippen molar-refractivity contribution in [2.75, 3.05) is 6.61 Å². The van der Waals surface area contributed by atoms with Gasteiger partial charge < -0.3 is 18.8 Å².